The Morgan fingerprint density at radius 3 is 2.92 bits per heavy atom. The van der Waals surface area contributed by atoms with Crippen LogP contribution >= 0.6 is 0 Å². The zero-order valence-electron chi connectivity index (χ0n) is 6.79. The number of aromatic nitrogens is 3. The number of hydrogen-bond acceptors (Lipinski definition) is 5. The first kappa shape index (κ1) is 9.62. The molecular weight excluding hydrogens is 176 g/mol. The van der Waals surface area contributed by atoms with Gasteiger partial charge >= 0.3 is 0 Å². The first-order valence-electron chi connectivity index (χ1n) is 3.61. The molecule has 0 spiro atoms. The highest BCUT2D eigenvalue weighted by Gasteiger charge is 2.08. The van der Waals surface area contributed by atoms with E-state index in [-0.39, 0.29) is 19.0 Å². The van der Waals surface area contributed by atoms with Crippen molar-refractivity contribution in [1.82, 2.24) is 14.8 Å². The van der Waals surface area contributed by atoms with Crippen molar-refractivity contribution < 1.29 is 15.0 Å². The number of primary amides is 1. The first-order chi connectivity index (χ1) is 6.13. The number of amides is 1. The molecule has 0 aliphatic heterocycles. The van der Waals surface area contributed by atoms with Crippen molar-refractivity contribution in [3.63, 3.8) is 0 Å². The summed E-state index contributed by atoms with van der Waals surface area (Å²) in [4.78, 5) is 14.1. The van der Waals surface area contributed by atoms with E-state index in [0.717, 1.165) is 0 Å². The van der Waals surface area contributed by atoms with Crippen LogP contribution < -0.4 is 5.73 Å². The van der Waals surface area contributed by atoms with Gasteiger partial charge < -0.3 is 15.9 Å². The molecule has 1 atom stereocenters. The lowest BCUT2D eigenvalue weighted by Crippen LogP contribution is -2.21. The number of nitrogens with two attached hydrogens (primary N) is 1. The van der Waals surface area contributed by atoms with Crippen molar-refractivity contribution in [2.24, 2.45) is 5.73 Å². The maximum Gasteiger partial charge on any atom is 0.288 e. The van der Waals surface area contributed by atoms with Crippen LogP contribution in [0.3, 0.4) is 0 Å². The molecule has 0 radical (unpaired) electrons. The fraction of sp³-hybridized carbons (Fsp3) is 0.500. The average Bonchev–Trinajstić information content (AvgIpc) is 2.52. The Balaban J connectivity index is 2.64. The Hall–Kier alpha value is -1.47. The lowest BCUT2D eigenvalue weighted by molar-refractivity contribution is 0.0779. The Bertz CT molecular complexity index is 298. The molecule has 4 N–H and O–H groups in total. The van der Waals surface area contributed by atoms with E-state index in [2.05, 4.69) is 10.1 Å². The Morgan fingerprint density at radius 1 is 1.77 bits per heavy atom. The van der Waals surface area contributed by atoms with Crippen LogP contribution in [0.25, 0.3) is 0 Å². The molecule has 1 heterocycles. The third-order valence-corrected chi connectivity index (χ3v) is 1.37. The molecule has 13 heavy (non-hydrogen) atoms. The fourth-order valence-corrected chi connectivity index (χ4v) is 0.769. The predicted octanol–water partition coefficient (Wildman–Crippen LogP) is -2.27. The minimum Gasteiger partial charge on any atom is -0.394 e. The number of aliphatic hydroxyl groups is 2. The van der Waals surface area contributed by atoms with Crippen molar-refractivity contribution in [1.29, 1.82) is 0 Å². The topological polar surface area (TPSA) is 114 Å². The molecule has 0 bridgehead atoms. The van der Waals surface area contributed by atoms with Gasteiger partial charge in [0.1, 0.15) is 6.33 Å². The summed E-state index contributed by atoms with van der Waals surface area (Å²) in [5.41, 5.74) is 4.90. The molecule has 0 saturated heterocycles. The average molecular weight is 186 g/mol. The maximum atomic E-state index is 10.5. The highest BCUT2D eigenvalue weighted by molar-refractivity contribution is 5.88. The van der Waals surface area contributed by atoms with Crippen molar-refractivity contribution in [2.75, 3.05) is 6.61 Å². The highest BCUT2D eigenvalue weighted by atomic mass is 16.3. The molecule has 0 aliphatic rings. The second-order valence-corrected chi connectivity index (χ2v) is 2.49. The number of carbonyl (C=O) groups excluding carboxylic acids is 1. The van der Waals surface area contributed by atoms with Crippen LogP contribution in [0.15, 0.2) is 6.33 Å². The summed E-state index contributed by atoms with van der Waals surface area (Å²) in [5, 5.41) is 21.2. The molecule has 0 aromatic carbocycles. The van der Waals surface area contributed by atoms with Gasteiger partial charge in [0.15, 0.2) is 0 Å². The molecule has 1 aromatic rings. The molecule has 72 valence electrons. The monoisotopic (exact) mass is 186 g/mol. The smallest absolute Gasteiger partial charge is 0.288 e. The fourth-order valence-electron chi connectivity index (χ4n) is 0.769. The molecule has 1 amide bonds. The third-order valence-electron chi connectivity index (χ3n) is 1.37. The molecule has 0 unspecified atom stereocenters. The predicted molar refractivity (Wildman–Crippen MR) is 41.6 cm³/mol. The highest BCUT2D eigenvalue weighted by Crippen LogP contribution is 1.91. The van der Waals surface area contributed by atoms with Crippen molar-refractivity contribution in [2.45, 2.75) is 12.6 Å². The zero-order chi connectivity index (χ0) is 9.84. The molecule has 1 aromatic heterocycles. The van der Waals surface area contributed by atoms with Crippen LogP contribution in [0.2, 0.25) is 0 Å². The molecule has 0 fully saturated rings. The minimum atomic E-state index is -0.914. The lowest BCUT2D eigenvalue weighted by atomic mass is 10.4. The molecule has 0 aliphatic carbocycles. The van der Waals surface area contributed by atoms with E-state index in [4.69, 9.17) is 15.9 Å². The molecular formula is C6H10N4O3. The van der Waals surface area contributed by atoms with Gasteiger partial charge in [-0.1, -0.05) is 0 Å². The summed E-state index contributed by atoms with van der Waals surface area (Å²) >= 11 is 0. The van der Waals surface area contributed by atoms with Gasteiger partial charge in [-0.2, -0.15) is 0 Å². The molecule has 0 saturated carbocycles. The summed E-state index contributed by atoms with van der Waals surface area (Å²) in [7, 11) is 0. The van der Waals surface area contributed by atoms with E-state index in [0.29, 0.717) is 0 Å². The quantitative estimate of drug-likeness (QED) is 0.490. The SMILES string of the molecule is NC(=O)c1ncn(C[C@H](O)CO)n1. The second-order valence-electron chi connectivity index (χ2n) is 2.49. The normalized spacial score (nSPS) is 12.8. The number of hydrogen-bond donors (Lipinski definition) is 3. The van der Waals surface area contributed by atoms with Gasteiger partial charge in [0.25, 0.3) is 5.91 Å². The van der Waals surface area contributed by atoms with E-state index in [1.54, 1.807) is 0 Å². The van der Waals surface area contributed by atoms with Gasteiger partial charge in [-0.05, 0) is 0 Å². The number of aliphatic hydroxyl groups excluding tert-OH is 2. The van der Waals surface area contributed by atoms with Crippen LogP contribution in [0, 0.1) is 0 Å². The maximum absolute atomic E-state index is 10.5. The molecule has 7 nitrogen and oxygen atoms in total. The van der Waals surface area contributed by atoms with Gasteiger partial charge in [0.05, 0.1) is 19.3 Å². The van der Waals surface area contributed by atoms with Crippen LogP contribution in [0.5, 0.6) is 0 Å². The standard InChI is InChI=1S/C6H10N4O3/c7-5(13)6-8-3-10(9-6)1-4(12)2-11/h3-4,11-12H,1-2H2,(H2,7,13)/t4-/m0/s1. The van der Waals surface area contributed by atoms with E-state index >= 15 is 0 Å². The summed E-state index contributed by atoms with van der Waals surface area (Å²) in [6.45, 7) is -0.289. The van der Waals surface area contributed by atoms with E-state index in [1.165, 1.54) is 11.0 Å². The van der Waals surface area contributed by atoms with E-state index in [9.17, 15) is 4.79 Å². The Labute approximate surface area is 73.8 Å². The van der Waals surface area contributed by atoms with Crippen molar-refractivity contribution >= 4 is 5.91 Å². The largest absolute Gasteiger partial charge is 0.394 e. The Morgan fingerprint density at radius 2 is 2.46 bits per heavy atom. The summed E-state index contributed by atoms with van der Waals surface area (Å²) in [6.07, 6.45) is 0.348. The van der Waals surface area contributed by atoms with E-state index in [1.807, 2.05) is 0 Å². The third kappa shape index (κ3) is 2.49. The van der Waals surface area contributed by atoms with E-state index < -0.39 is 12.0 Å². The number of carbonyl (C=O) groups is 1. The van der Waals surface area contributed by atoms with Gasteiger partial charge in [0.2, 0.25) is 5.82 Å². The van der Waals surface area contributed by atoms with Crippen LogP contribution in [0.4, 0.5) is 0 Å². The molecule has 1 rings (SSSR count). The lowest BCUT2D eigenvalue weighted by Gasteiger charge is -2.04. The van der Waals surface area contributed by atoms with Crippen molar-refractivity contribution in [3.05, 3.63) is 12.2 Å². The zero-order valence-corrected chi connectivity index (χ0v) is 6.79. The van der Waals surface area contributed by atoms with Crippen LogP contribution in [0.1, 0.15) is 10.6 Å². The van der Waals surface area contributed by atoms with Gasteiger partial charge in [0, 0.05) is 0 Å². The summed E-state index contributed by atoms with van der Waals surface area (Å²) < 4.78 is 1.24. The minimum absolute atomic E-state index is 0.0801. The first-order valence-corrected chi connectivity index (χ1v) is 3.61. The van der Waals surface area contributed by atoms with Gasteiger partial charge in [-0.25, -0.2) is 9.67 Å². The number of nitrogens with zero attached hydrogens (tertiary/aromatic N) is 3. The summed E-state index contributed by atoms with van der Waals surface area (Å²) in [5.74, 6) is -0.831. The summed E-state index contributed by atoms with van der Waals surface area (Å²) in [6, 6.07) is 0. The Kier molecular flexibility index (Phi) is 2.93. The van der Waals surface area contributed by atoms with Crippen molar-refractivity contribution in [3.8, 4) is 0 Å². The second kappa shape index (κ2) is 3.97. The molecule has 7 heteroatoms. The number of rotatable bonds is 4. The van der Waals surface area contributed by atoms with Gasteiger partial charge in [-0.3, -0.25) is 4.79 Å². The van der Waals surface area contributed by atoms with Gasteiger partial charge in [-0.15, -0.1) is 5.10 Å². The van der Waals surface area contributed by atoms with Crippen LogP contribution in [-0.4, -0.2) is 43.6 Å². The van der Waals surface area contributed by atoms with Crippen LogP contribution in [-0.2, 0) is 6.54 Å².